The Hall–Kier alpha value is -1.76. The van der Waals surface area contributed by atoms with Crippen molar-refractivity contribution >= 4 is 11.8 Å². The molecule has 100 valence electrons. The first-order valence-corrected chi connectivity index (χ1v) is 5.17. The van der Waals surface area contributed by atoms with Gasteiger partial charge in [0.15, 0.2) is 6.10 Å². The molecule has 0 spiro atoms. The van der Waals surface area contributed by atoms with Gasteiger partial charge >= 0.3 is 11.9 Å². The number of carbonyl (C=O) groups is 2. The van der Waals surface area contributed by atoms with Gasteiger partial charge in [0.05, 0.1) is 12.9 Å². The summed E-state index contributed by atoms with van der Waals surface area (Å²) in [5.74, 6) is -7.33. The van der Waals surface area contributed by atoms with Gasteiger partial charge in [-0.15, -0.1) is 0 Å². The fourth-order valence-corrected chi connectivity index (χ4v) is 1.24. The van der Waals surface area contributed by atoms with Crippen LogP contribution >= 0.6 is 0 Å². The average Bonchev–Trinajstić information content (AvgIpc) is 2.81. The molecule has 1 aromatic heterocycles. The highest BCUT2D eigenvalue weighted by Crippen LogP contribution is 2.33. The molecule has 0 saturated carbocycles. The Balaban J connectivity index is 2.73. The van der Waals surface area contributed by atoms with Gasteiger partial charge in [0, 0.05) is 0 Å². The largest absolute Gasteiger partial charge is 0.466 e. The molecule has 5 nitrogen and oxygen atoms in total. The number of Topliss-reactive ketones (excluding diaryl/α,β-unsaturated/α-hetero) is 1. The highest BCUT2D eigenvalue weighted by molar-refractivity contribution is 5.99. The third-order valence-electron chi connectivity index (χ3n) is 2.14. The lowest BCUT2D eigenvalue weighted by atomic mass is 10.0. The Kier molecular flexibility index (Phi) is 4.55. The van der Waals surface area contributed by atoms with Gasteiger partial charge in [-0.3, -0.25) is 9.59 Å². The molecule has 1 heterocycles. The molecule has 0 amide bonds. The van der Waals surface area contributed by atoms with E-state index in [0.29, 0.717) is 0 Å². The van der Waals surface area contributed by atoms with Crippen molar-refractivity contribution in [2.75, 3.05) is 6.61 Å². The molecule has 0 fully saturated rings. The van der Waals surface area contributed by atoms with Crippen LogP contribution < -0.4 is 0 Å². The highest BCUT2D eigenvalue weighted by atomic mass is 19.3. The van der Waals surface area contributed by atoms with Gasteiger partial charge < -0.3 is 14.3 Å². The molecule has 0 saturated heterocycles. The van der Waals surface area contributed by atoms with Crippen molar-refractivity contribution in [3.8, 4) is 0 Å². The molecule has 1 rings (SSSR count). The Morgan fingerprint density at radius 2 is 2.22 bits per heavy atom. The Labute approximate surface area is 101 Å². The number of furan rings is 1. The number of rotatable bonds is 6. The minimum absolute atomic E-state index is 0.0155. The Bertz CT molecular complexity index is 413. The molecular weight excluding hydrogens is 250 g/mol. The molecule has 0 aliphatic heterocycles. The number of aliphatic hydroxyl groups excluding tert-OH is 1. The molecular formula is C11H12F2O5. The van der Waals surface area contributed by atoms with E-state index in [0.717, 1.165) is 12.3 Å². The second-order valence-corrected chi connectivity index (χ2v) is 3.45. The fourth-order valence-electron chi connectivity index (χ4n) is 1.24. The van der Waals surface area contributed by atoms with Gasteiger partial charge in [0.25, 0.3) is 0 Å². The van der Waals surface area contributed by atoms with Crippen molar-refractivity contribution in [3.63, 3.8) is 0 Å². The summed E-state index contributed by atoms with van der Waals surface area (Å²) in [6.07, 6.45) is -2.43. The van der Waals surface area contributed by atoms with E-state index in [1.54, 1.807) is 0 Å². The van der Waals surface area contributed by atoms with E-state index in [1.807, 2.05) is 0 Å². The maximum absolute atomic E-state index is 13.5. The van der Waals surface area contributed by atoms with Crippen molar-refractivity contribution in [1.29, 1.82) is 0 Å². The number of aliphatic hydroxyl groups is 1. The van der Waals surface area contributed by atoms with E-state index in [-0.39, 0.29) is 6.61 Å². The maximum atomic E-state index is 13.5. The second-order valence-electron chi connectivity index (χ2n) is 3.45. The summed E-state index contributed by atoms with van der Waals surface area (Å²) < 4.78 is 36.0. The molecule has 1 aromatic rings. The predicted octanol–water partition coefficient (Wildman–Crippen LogP) is 1.47. The molecule has 1 N–H and O–H groups in total. The summed E-state index contributed by atoms with van der Waals surface area (Å²) in [5.41, 5.74) is 0. The van der Waals surface area contributed by atoms with Gasteiger partial charge in [0.2, 0.25) is 5.78 Å². The minimum atomic E-state index is -4.11. The van der Waals surface area contributed by atoms with Gasteiger partial charge in [-0.25, -0.2) is 0 Å². The molecule has 1 atom stereocenters. The van der Waals surface area contributed by atoms with E-state index in [2.05, 4.69) is 9.15 Å². The first-order chi connectivity index (χ1) is 8.39. The van der Waals surface area contributed by atoms with Crippen LogP contribution in [0.15, 0.2) is 22.8 Å². The van der Waals surface area contributed by atoms with Crippen molar-refractivity contribution in [2.45, 2.75) is 25.4 Å². The smallest absolute Gasteiger partial charge is 0.338 e. The molecule has 7 heteroatoms. The van der Waals surface area contributed by atoms with Crippen LogP contribution in [0.1, 0.15) is 25.2 Å². The Morgan fingerprint density at radius 3 is 2.72 bits per heavy atom. The van der Waals surface area contributed by atoms with Crippen molar-refractivity contribution in [3.05, 3.63) is 24.2 Å². The molecule has 0 aliphatic rings. The maximum Gasteiger partial charge on any atom is 0.338 e. The third-order valence-corrected chi connectivity index (χ3v) is 2.14. The van der Waals surface area contributed by atoms with E-state index in [1.165, 1.54) is 13.0 Å². The van der Waals surface area contributed by atoms with E-state index >= 15 is 0 Å². The summed E-state index contributed by atoms with van der Waals surface area (Å²) in [4.78, 5) is 22.2. The number of alkyl halides is 2. The lowest BCUT2D eigenvalue weighted by molar-refractivity contribution is -0.168. The van der Waals surface area contributed by atoms with Crippen LogP contribution in [0.25, 0.3) is 0 Å². The number of hydrogen-bond acceptors (Lipinski definition) is 5. The fraction of sp³-hybridized carbons (Fsp3) is 0.455. The van der Waals surface area contributed by atoms with E-state index in [9.17, 15) is 23.5 Å². The number of ether oxygens (including phenoxy) is 1. The van der Waals surface area contributed by atoms with Crippen molar-refractivity contribution in [1.82, 2.24) is 0 Å². The standard InChI is InChI=1S/C11H12F2O5/c1-2-17-9(15)6-8(14)11(12,13)10(16)7-4-3-5-18-7/h3-5,10,16H,2,6H2,1H3. The summed E-state index contributed by atoms with van der Waals surface area (Å²) in [6.45, 7) is 1.47. The van der Waals surface area contributed by atoms with Crippen LogP contribution in [0.3, 0.4) is 0 Å². The lowest BCUT2D eigenvalue weighted by Crippen LogP contribution is -2.37. The predicted molar refractivity (Wildman–Crippen MR) is 54.9 cm³/mol. The van der Waals surface area contributed by atoms with Crippen LogP contribution in [0.5, 0.6) is 0 Å². The van der Waals surface area contributed by atoms with Crippen LogP contribution in [0.4, 0.5) is 8.78 Å². The SMILES string of the molecule is CCOC(=O)CC(=O)C(F)(F)C(O)c1ccco1. The van der Waals surface area contributed by atoms with Gasteiger partial charge in [-0.1, -0.05) is 0 Å². The zero-order valence-corrected chi connectivity index (χ0v) is 9.56. The Morgan fingerprint density at radius 1 is 1.56 bits per heavy atom. The average molecular weight is 262 g/mol. The number of esters is 1. The molecule has 0 aromatic carbocycles. The van der Waals surface area contributed by atoms with Gasteiger partial charge in [0.1, 0.15) is 12.2 Å². The number of hydrogen-bond donors (Lipinski definition) is 1. The van der Waals surface area contributed by atoms with Crippen molar-refractivity contribution in [2.24, 2.45) is 0 Å². The molecule has 18 heavy (non-hydrogen) atoms. The lowest BCUT2D eigenvalue weighted by Gasteiger charge is -2.19. The molecule has 1 unspecified atom stereocenters. The zero-order valence-electron chi connectivity index (χ0n) is 9.56. The molecule has 0 radical (unpaired) electrons. The second kappa shape index (κ2) is 5.72. The van der Waals surface area contributed by atoms with Crippen LogP contribution in [0, 0.1) is 0 Å². The van der Waals surface area contributed by atoms with E-state index in [4.69, 9.17) is 0 Å². The minimum Gasteiger partial charge on any atom is -0.466 e. The summed E-state index contributed by atoms with van der Waals surface area (Å²) in [6, 6.07) is 2.40. The van der Waals surface area contributed by atoms with Crippen LogP contribution in [-0.2, 0) is 14.3 Å². The number of carbonyl (C=O) groups excluding carboxylic acids is 2. The summed E-state index contributed by atoms with van der Waals surface area (Å²) >= 11 is 0. The van der Waals surface area contributed by atoms with Crippen molar-refractivity contribution < 1.29 is 32.6 Å². The zero-order chi connectivity index (χ0) is 13.8. The highest BCUT2D eigenvalue weighted by Gasteiger charge is 2.48. The first-order valence-electron chi connectivity index (χ1n) is 5.17. The summed E-state index contributed by atoms with van der Waals surface area (Å²) in [7, 11) is 0. The normalized spacial score (nSPS) is 13.1. The first kappa shape index (κ1) is 14.3. The van der Waals surface area contributed by atoms with Crippen LogP contribution in [-0.4, -0.2) is 29.4 Å². The van der Waals surface area contributed by atoms with Gasteiger partial charge in [-0.05, 0) is 19.1 Å². The van der Waals surface area contributed by atoms with Crippen LogP contribution in [0.2, 0.25) is 0 Å². The number of halogens is 2. The monoisotopic (exact) mass is 262 g/mol. The van der Waals surface area contributed by atoms with E-state index < -0.39 is 36.0 Å². The quantitative estimate of drug-likeness (QED) is 0.620. The topological polar surface area (TPSA) is 76.7 Å². The molecule has 0 aliphatic carbocycles. The third kappa shape index (κ3) is 3.13. The number of ketones is 1. The summed E-state index contributed by atoms with van der Waals surface area (Å²) in [5, 5.41) is 9.33. The van der Waals surface area contributed by atoms with Gasteiger partial charge in [-0.2, -0.15) is 8.78 Å². The molecule has 0 bridgehead atoms.